The third-order valence-electron chi connectivity index (χ3n) is 2.62. The molecule has 3 aliphatic rings. The lowest BCUT2D eigenvalue weighted by Gasteiger charge is -2.22. The molecule has 0 spiro atoms. The summed E-state index contributed by atoms with van der Waals surface area (Å²) in [6.45, 7) is 0. The van der Waals surface area contributed by atoms with Crippen molar-refractivity contribution in [1.29, 1.82) is 0 Å². The topological polar surface area (TPSA) is 21.8 Å². The fourth-order valence-electron chi connectivity index (χ4n) is 2.10. The molecule has 50 valence electrons. The van der Waals surface area contributed by atoms with Crippen LogP contribution in [0.3, 0.4) is 0 Å². The van der Waals surface area contributed by atoms with Crippen LogP contribution >= 0.6 is 0 Å². The van der Waals surface area contributed by atoms with Gasteiger partial charge in [0.25, 0.3) is 0 Å². The fraction of sp³-hybridized carbons (Fsp3) is 1.00. The minimum Gasteiger partial charge on any atom is -0.369 e. The molecule has 0 aromatic rings. The van der Waals surface area contributed by atoms with Crippen LogP contribution in [0.1, 0.15) is 19.3 Å². The molecular weight excluding hydrogens is 116 g/mol. The van der Waals surface area contributed by atoms with Crippen LogP contribution in [0.25, 0.3) is 0 Å². The highest BCUT2D eigenvalue weighted by molar-refractivity contribution is 5.05. The maximum Gasteiger partial charge on any atom is 0.113 e. The van der Waals surface area contributed by atoms with E-state index >= 15 is 0 Å². The summed E-state index contributed by atoms with van der Waals surface area (Å²) < 4.78 is 11.0. The van der Waals surface area contributed by atoms with Gasteiger partial charge in [0.15, 0.2) is 0 Å². The van der Waals surface area contributed by atoms with Gasteiger partial charge in [-0.05, 0) is 19.3 Å². The van der Waals surface area contributed by atoms with Gasteiger partial charge in [-0.25, -0.2) is 0 Å². The van der Waals surface area contributed by atoms with Crippen LogP contribution in [-0.2, 0) is 9.47 Å². The fourth-order valence-corrected chi connectivity index (χ4v) is 2.10. The lowest BCUT2D eigenvalue weighted by molar-refractivity contribution is -0.0607. The second-order valence-electron chi connectivity index (χ2n) is 3.21. The first-order valence-electron chi connectivity index (χ1n) is 3.76. The molecule has 3 fully saturated rings. The van der Waals surface area contributed by atoms with Crippen molar-refractivity contribution in [2.75, 3.05) is 0 Å². The average molecular weight is 126 g/mol. The number of ether oxygens (including phenoxy) is 2. The van der Waals surface area contributed by atoms with Gasteiger partial charge < -0.3 is 9.47 Å². The molecule has 0 aromatic heterocycles. The molecule has 3 rings (SSSR count). The van der Waals surface area contributed by atoms with Crippen molar-refractivity contribution in [3.8, 4) is 0 Å². The van der Waals surface area contributed by atoms with E-state index < -0.39 is 0 Å². The minimum atomic E-state index is 0.480. The van der Waals surface area contributed by atoms with Gasteiger partial charge in [0.2, 0.25) is 0 Å². The molecule has 2 bridgehead atoms. The van der Waals surface area contributed by atoms with Gasteiger partial charge in [0.1, 0.15) is 12.2 Å². The Morgan fingerprint density at radius 3 is 2.11 bits per heavy atom. The summed E-state index contributed by atoms with van der Waals surface area (Å²) in [6.07, 6.45) is 5.80. The Morgan fingerprint density at radius 1 is 0.889 bits per heavy atom. The van der Waals surface area contributed by atoms with Crippen LogP contribution in [0, 0.1) is 0 Å². The van der Waals surface area contributed by atoms with E-state index in [4.69, 9.17) is 9.47 Å². The maximum absolute atomic E-state index is 5.63. The zero-order valence-corrected chi connectivity index (χ0v) is 5.25. The first-order chi connectivity index (χ1) is 4.45. The summed E-state index contributed by atoms with van der Waals surface area (Å²) in [5.74, 6) is 0. The van der Waals surface area contributed by atoms with Gasteiger partial charge in [-0.15, -0.1) is 0 Å². The Morgan fingerprint density at radius 2 is 1.56 bits per heavy atom. The van der Waals surface area contributed by atoms with Crippen molar-refractivity contribution < 1.29 is 9.47 Å². The van der Waals surface area contributed by atoms with E-state index in [-0.39, 0.29) is 0 Å². The lowest BCUT2D eigenvalue weighted by Crippen LogP contribution is -2.24. The number of hydrogen-bond acceptors (Lipinski definition) is 2. The number of fused-ring (bicyclic) bond motifs is 5. The second kappa shape index (κ2) is 1.32. The van der Waals surface area contributed by atoms with E-state index in [1.54, 1.807) is 0 Å². The van der Waals surface area contributed by atoms with Crippen molar-refractivity contribution in [2.24, 2.45) is 0 Å². The Balaban J connectivity index is 1.92. The average Bonchev–Trinajstić information content (AvgIpc) is 2.62. The molecule has 0 radical (unpaired) electrons. The standard InChI is InChI=1S/C7H10O2/c1-2-4-6-7(9-6)5(3-1)8-4/h4-7H,1-3H2. The van der Waals surface area contributed by atoms with Crippen LogP contribution in [0.2, 0.25) is 0 Å². The molecule has 9 heavy (non-hydrogen) atoms. The minimum absolute atomic E-state index is 0.480. The molecule has 0 aliphatic carbocycles. The largest absolute Gasteiger partial charge is 0.369 e. The Bertz CT molecular complexity index is 132. The molecule has 3 aliphatic heterocycles. The van der Waals surface area contributed by atoms with Crippen molar-refractivity contribution in [3.05, 3.63) is 0 Å². The number of hydrogen-bond donors (Lipinski definition) is 0. The van der Waals surface area contributed by atoms with E-state index in [0.717, 1.165) is 0 Å². The van der Waals surface area contributed by atoms with Crippen molar-refractivity contribution in [1.82, 2.24) is 0 Å². The molecule has 4 unspecified atom stereocenters. The summed E-state index contributed by atoms with van der Waals surface area (Å²) in [4.78, 5) is 0. The first-order valence-corrected chi connectivity index (χ1v) is 3.76. The van der Waals surface area contributed by atoms with Crippen LogP contribution in [0.5, 0.6) is 0 Å². The van der Waals surface area contributed by atoms with Crippen LogP contribution in [0.15, 0.2) is 0 Å². The summed E-state index contributed by atoms with van der Waals surface area (Å²) in [6, 6.07) is 0. The van der Waals surface area contributed by atoms with Crippen molar-refractivity contribution in [3.63, 3.8) is 0 Å². The highest BCUT2D eigenvalue weighted by Crippen LogP contribution is 2.45. The maximum atomic E-state index is 5.63. The highest BCUT2D eigenvalue weighted by Gasteiger charge is 2.58. The molecule has 3 heterocycles. The summed E-state index contributed by atoms with van der Waals surface area (Å²) in [7, 11) is 0. The van der Waals surface area contributed by atoms with E-state index in [2.05, 4.69) is 0 Å². The predicted octanol–water partition coefficient (Wildman–Crippen LogP) is 0.705. The summed E-state index contributed by atoms with van der Waals surface area (Å²) in [5, 5.41) is 0. The van der Waals surface area contributed by atoms with E-state index in [1.807, 2.05) is 0 Å². The van der Waals surface area contributed by atoms with E-state index in [0.29, 0.717) is 24.4 Å². The normalized spacial score (nSPS) is 61.3. The third-order valence-corrected chi connectivity index (χ3v) is 2.62. The second-order valence-corrected chi connectivity index (χ2v) is 3.21. The van der Waals surface area contributed by atoms with Crippen molar-refractivity contribution >= 4 is 0 Å². The molecular formula is C7H10O2. The quantitative estimate of drug-likeness (QED) is 0.446. The van der Waals surface area contributed by atoms with Crippen molar-refractivity contribution in [2.45, 2.75) is 43.7 Å². The zero-order chi connectivity index (χ0) is 5.84. The smallest absolute Gasteiger partial charge is 0.113 e. The third kappa shape index (κ3) is 0.485. The Hall–Kier alpha value is -0.0800. The lowest BCUT2D eigenvalue weighted by atomic mass is 10.1. The van der Waals surface area contributed by atoms with Gasteiger partial charge in [0.05, 0.1) is 12.2 Å². The number of epoxide rings is 1. The molecule has 0 N–H and O–H groups in total. The van der Waals surface area contributed by atoms with Gasteiger partial charge >= 0.3 is 0 Å². The molecule has 2 heteroatoms. The molecule has 3 saturated heterocycles. The molecule has 0 aromatic carbocycles. The Labute approximate surface area is 54.1 Å². The van der Waals surface area contributed by atoms with Crippen LogP contribution in [-0.4, -0.2) is 24.4 Å². The van der Waals surface area contributed by atoms with Crippen LogP contribution in [0.4, 0.5) is 0 Å². The monoisotopic (exact) mass is 126 g/mol. The van der Waals surface area contributed by atoms with Gasteiger partial charge in [-0.1, -0.05) is 0 Å². The molecule has 2 nitrogen and oxygen atoms in total. The van der Waals surface area contributed by atoms with E-state index in [9.17, 15) is 0 Å². The van der Waals surface area contributed by atoms with Crippen LogP contribution < -0.4 is 0 Å². The molecule has 0 amide bonds. The van der Waals surface area contributed by atoms with E-state index in [1.165, 1.54) is 19.3 Å². The molecule has 0 saturated carbocycles. The SMILES string of the molecule is C1CC2OC(C1)C1OC21. The van der Waals surface area contributed by atoms with Gasteiger partial charge in [-0.3, -0.25) is 0 Å². The summed E-state index contributed by atoms with van der Waals surface area (Å²) >= 11 is 0. The highest BCUT2D eigenvalue weighted by atomic mass is 16.7. The molecule has 4 atom stereocenters. The van der Waals surface area contributed by atoms with Gasteiger partial charge in [-0.2, -0.15) is 0 Å². The number of rotatable bonds is 0. The summed E-state index contributed by atoms with van der Waals surface area (Å²) in [5.41, 5.74) is 0. The predicted molar refractivity (Wildman–Crippen MR) is 31.2 cm³/mol. The Kier molecular flexibility index (Phi) is 0.691. The zero-order valence-electron chi connectivity index (χ0n) is 5.25. The first kappa shape index (κ1) is 4.69. The van der Waals surface area contributed by atoms with Gasteiger partial charge in [0, 0.05) is 0 Å².